The van der Waals surface area contributed by atoms with Gasteiger partial charge in [-0.2, -0.15) is 0 Å². The molecule has 2 aromatic rings. The van der Waals surface area contributed by atoms with Crippen molar-refractivity contribution >= 4 is 29.3 Å². The van der Waals surface area contributed by atoms with E-state index in [0.29, 0.717) is 32.1 Å². The van der Waals surface area contributed by atoms with Crippen molar-refractivity contribution in [2.24, 2.45) is 5.41 Å². The summed E-state index contributed by atoms with van der Waals surface area (Å²) in [4.78, 5) is 45.4. The van der Waals surface area contributed by atoms with Crippen molar-refractivity contribution in [3.63, 3.8) is 0 Å². The first-order valence-electron chi connectivity index (χ1n) is 15.3. The maximum atomic E-state index is 13.9. The number of benzene rings is 1. The standard InChI is InChI=1S/C33H45N3O5S/c1-31(2,3)41-30(39)34-16-12-26-25(20-27(42-26)23-10-7-6-8-11-23)28(37)35-18-13-24(14-19-35)36-17-9-15-33(22-36)21-32(4,5)40-29(33)38/h6-8,10-11,20,24H,9,12-19,21-22H2,1-5H3,(H,34,39). The molecular formula is C33H45N3O5S. The summed E-state index contributed by atoms with van der Waals surface area (Å²) in [6.45, 7) is 13.1. The van der Waals surface area contributed by atoms with Gasteiger partial charge in [-0.1, -0.05) is 30.3 Å². The zero-order chi connectivity index (χ0) is 30.1. The Hall–Kier alpha value is -2.91. The lowest BCUT2D eigenvalue weighted by molar-refractivity contribution is -0.154. The SMILES string of the molecule is CC(C)(C)OC(=O)NCCc1sc(-c2ccccc2)cc1C(=O)N1CCC(N2CCCC3(C2)CC(C)(C)OC3=O)CC1. The van der Waals surface area contributed by atoms with Crippen LogP contribution < -0.4 is 5.32 Å². The fourth-order valence-corrected chi connectivity index (χ4v) is 7.97. The molecule has 5 rings (SSSR count). The fraction of sp³-hybridized carbons (Fsp3) is 0.606. The predicted molar refractivity (Wildman–Crippen MR) is 165 cm³/mol. The quantitative estimate of drug-likeness (QED) is 0.419. The fourth-order valence-electron chi connectivity index (χ4n) is 6.81. The van der Waals surface area contributed by atoms with Crippen molar-refractivity contribution in [1.82, 2.24) is 15.1 Å². The van der Waals surface area contributed by atoms with E-state index < -0.39 is 17.3 Å². The number of carbonyl (C=O) groups is 3. The predicted octanol–water partition coefficient (Wildman–Crippen LogP) is 5.89. The van der Waals surface area contributed by atoms with Crippen molar-refractivity contribution in [1.29, 1.82) is 0 Å². The first-order chi connectivity index (χ1) is 19.8. The molecule has 4 heterocycles. The number of likely N-dealkylation sites (tertiary alicyclic amines) is 2. The third-order valence-electron chi connectivity index (χ3n) is 8.56. The monoisotopic (exact) mass is 595 g/mol. The highest BCUT2D eigenvalue weighted by molar-refractivity contribution is 7.15. The van der Waals surface area contributed by atoms with Crippen LogP contribution in [0.3, 0.4) is 0 Å². The second kappa shape index (κ2) is 12.0. The number of ether oxygens (including phenoxy) is 2. The molecule has 0 aliphatic carbocycles. The van der Waals surface area contributed by atoms with Crippen LogP contribution in [0.4, 0.5) is 4.79 Å². The van der Waals surface area contributed by atoms with Crippen molar-refractivity contribution in [3.05, 3.63) is 46.8 Å². The second-order valence-electron chi connectivity index (χ2n) is 13.7. The largest absolute Gasteiger partial charge is 0.459 e. The Morgan fingerprint density at radius 3 is 2.48 bits per heavy atom. The average molecular weight is 596 g/mol. The molecule has 0 bridgehead atoms. The zero-order valence-electron chi connectivity index (χ0n) is 25.7. The molecule has 3 aliphatic heterocycles. The summed E-state index contributed by atoms with van der Waals surface area (Å²) >= 11 is 1.61. The van der Waals surface area contributed by atoms with Gasteiger partial charge in [-0.05, 0) is 78.5 Å². The smallest absolute Gasteiger partial charge is 0.407 e. The van der Waals surface area contributed by atoms with E-state index in [-0.39, 0.29) is 17.3 Å². The Kier molecular flexibility index (Phi) is 8.72. The maximum Gasteiger partial charge on any atom is 0.407 e. The molecule has 42 heavy (non-hydrogen) atoms. The van der Waals surface area contributed by atoms with Gasteiger partial charge in [0.05, 0.1) is 11.0 Å². The third-order valence-corrected chi connectivity index (χ3v) is 9.80. The molecule has 2 amide bonds. The summed E-state index contributed by atoms with van der Waals surface area (Å²) in [7, 11) is 0. The molecule has 1 spiro atoms. The summed E-state index contributed by atoms with van der Waals surface area (Å²) in [5.41, 5.74) is 0.453. The Morgan fingerprint density at radius 1 is 1.12 bits per heavy atom. The van der Waals surface area contributed by atoms with Crippen molar-refractivity contribution in [2.45, 2.75) is 90.4 Å². The summed E-state index contributed by atoms with van der Waals surface area (Å²) in [6.07, 6.45) is 4.57. The van der Waals surface area contributed by atoms with Gasteiger partial charge < -0.3 is 19.7 Å². The molecule has 1 atom stereocenters. The number of hydrogen-bond acceptors (Lipinski definition) is 7. The van der Waals surface area contributed by atoms with Gasteiger partial charge in [-0.3, -0.25) is 14.5 Å². The van der Waals surface area contributed by atoms with Crippen LogP contribution in [0, 0.1) is 5.41 Å². The van der Waals surface area contributed by atoms with Gasteiger partial charge >= 0.3 is 12.1 Å². The molecule has 228 valence electrons. The van der Waals surface area contributed by atoms with Crippen LogP contribution in [-0.4, -0.2) is 77.7 Å². The van der Waals surface area contributed by atoms with Gasteiger partial charge in [0.25, 0.3) is 5.91 Å². The molecule has 1 unspecified atom stereocenters. The highest BCUT2D eigenvalue weighted by Crippen LogP contribution is 2.47. The van der Waals surface area contributed by atoms with Crippen molar-refractivity contribution < 1.29 is 23.9 Å². The number of amides is 2. The van der Waals surface area contributed by atoms with E-state index in [1.54, 1.807) is 11.3 Å². The number of nitrogens with zero attached hydrogens (tertiary/aromatic N) is 2. The van der Waals surface area contributed by atoms with Crippen LogP contribution in [0.15, 0.2) is 36.4 Å². The molecule has 1 N–H and O–H groups in total. The van der Waals surface area contributed by atoms with Gasteiger partial charge in [0.1, 0.15) is 11.2 Å². The Labute approximate surface area is 253 Å². The number of alkyl carbamates (subject to hydrolysis) is 1. The normalized spacial score (nSPS) is 23.2. The minimum Gasteiger partial charge on any atom is -0.459 e. The lowest BCUT2D eigenvalue weighted by atomic mass is 9.74. The molecule has 1 aromatic heterocycles. The van der Waals surface area contributed by atoms with E-state index in [1.807, 2.05) is 63.8 Å². The Balaban J connectivity index is 1.24. The van der Waals surface area contributed by atoms with Gasteiger partial charge in [-0.15, -0.1) is 11.3 Å². The average Bonchev–Trinajstić information content (AvgIpc) is 3.45. The van der Waals surface area contributed by atoms with Crippen LogP contribution in [0.25, 0.3) is 10.4 Å². The molecule has 3 aliphatic rings. The lowest BCUT2D eigenvalue weighted by Crippen LogP contribution is -2.53. The number of thiophene rings is 1. The minimum absolute atomic E-state index is 0.0369. The Morgan fingerprint density at radius 2 is 1.83 bits per heavy atom. The van der Waals surface area contributed by atoms with Crippen LogP contribution in [0.1, 0.15) is 82.0 Å². The number of esters is 1. The van der Waals surface area contributed by atoms with E-state index in [2.05, 4.69) is 22.3 Å². The molecule has 9 heteroatoms. The lowest BCUT2D eigenvalue weighted by Gasteiger charge is -2.44. The highest BCUT2D eigenvalue weighted by Gasteiger charge is 2.54. The Bertz CT molecular complexity index is 1290. The van der Waals surface area contributed by atoms with Crippen LogP contribution in [0.5, 0.6) is 0 Å². The molecule has 1 aromatic carbocycles. The molecule has 0 radical (unpaired) electrons. The number of rotatable bonds is 6. The van der Waals surface area contributed by atoms with E-state index >= 15 is 0 Å². The van der Waals surface area contributed by atoms with Gasteiger partial charge in [-0.25, -0.2) is 4.79 Å². The highest BCUT2D eigenvalue weighted by atomic mass is 32.1. The van der Waals surface area contributed by atoms with Gasteiger partial charge in [0, 0.05) is 54.8 Å². The summed E-state index contributed by atoms with van der Waals surface area (Å²) in [5.74, 6) is 0.0144. The van der Waals surface area contributed by atoms with Gasteiger partial charge in [0.2, 0.25) is 0 Å². The van der Waals surface area contributed by atoms with Crippen molar-refractivity contribution in [3.8, 4) is 10.4 Å². The molecule has 3 saturated heterocycles. The van der Waals surface area contributed by atoms with Gasteiger partial charge in [0.15, 0.2) is 0 Å². The maximum absolute atomic E-state index is 13.9. The second-order valence-corrected chi connectivity index (χ2v) is 14.8. The number of cyclic esters (lactones) is 1. The first kappa shape index (κ1) is 30.5. The summed E-state index contributed by atoms with van der Waals surface area (Å²) in [5, 5.41) is 2.84. The van der Waals surface area contributed by atoms with E-state index in [1.165, 1.54) is 0 Å². The first-order valence-corrected chi connectivity index (χ1v) is 16.1. The number of nitrogens with one attached hydrogen (secondary N) is 1. The van der Waals surface area contributed by atoms with Crippen LogP contribution in [-0.2, 0) is 20.7 Å². The zero-order valence-corrected chi connectivity index (χ0v) is 26.5. The van der Waals surface area contributed by atoms with Crippen molar-refractivity contribution in [2.75, 3.05) is 32.7 Å². The summed E-state index contributed by atoms with van der Waals surface area (Å²) < 4.78 is 11.1. The summed E-state index contributed by atoms with van der Waals surface area (Å²) in [6, 6.07) is 12.5. The number of piperidine rings is 2. The number of carbonyl (C=O) groups excluding carboxylic acids is 3. The third kappa shape index (κ3) is 7.00. The van der Waals surface area contributed by atoms with E-state index in [4.69, 9.17) is 9.47 Å². The van der Waals surface area contributed by atoms with Crippen LogP contribution in [0.2, 0.25) is 0 Å². The molecule has 0 saturated carbocycles. The number of hydrogen-bond donors (Lipinski definition) is 1. The molecule has 3 fully saturated rings. The van der Waals surface area contributed by atoms with E-state index in [0.717, 1.165) is 66.1 Å². The molecule has 8 nitrogen and oxygen atoms in total. The molecular weight excluding hydrogens is 550 g/mol. The van der Waals surface area contributed by atoms with E-state index in [9.17, 15) is 14.4 Å². The van der Waals surface area contributed by atoms with Crippen LogP contribution >= 0.6 is 11.3 Å². The topological polar surface area (TPSA) is 88.2 Å². The minimum atomic E-state index is -0.563.